The van der Waals surface area contributed by atoms with Gasteiger partial charge in [0.2, 0.25) is 0 Å². The molecule has 0 radical (unpaired) electrons. The Kier molecular flexibility index (Phi) is 22.5. The molecule has 0 fully saturated rings. The maximum Gasteiger partial charge on any atom is 0.0627 e. The van der Waals surface area contributed by atoms with Gasteiger partial charge in [0.1, 0.15) is 0 Å². The molecule has 11 heteroatoms. The summed E-state index contributed by atoms with van der Waals surface area (Å²) in [6.45, 7) is 2.80. The van der Waals surface area contributed by atoms with Crippen molar-refractivity contribution in [1.29, 1.82) is 0 Å². The van der Waals surface area contributed by atoms with Crippen LogP contribution < -0.4 is 10.6 Å². The van der Waals surface area contributed by atoms with E-state index in [0.29, 0.717) is 23.5 Å². The minimum Gasteiger partial charge on any atom is -0.396 e. The van der Waals surface area contributed by atoms with E-state index in [1.165, 1.54) is 64.2 Å². The molecule has 0 aromatic heterocycles. The standard InChI is InChI=1S/C30H52O5P2.C5H12O4/c1-3-5-7-9-11-13-15-21-27-23-17-19-25-29(27)36(31,32)35-37(33,34)30-26-20-18-24-28(30)22-16-14-12-10-8-6-4-2;6-1-5(2-7,3-8)4-9/h17-20,23-26,31-34,36-37H,3-16,21-22H2,1-2H3;6-9H,1-4H2. The van der Waals surface area contributed by atoms with Crippen molar-refractivity contribution in [1.82, 2.24) is 0 Å². The first-order valence-corrected chi connectivity index (χ1v) is 20.9. The van der Waals surface area contributed by atoms with Gasteiger partial charge in [0.05, 0.1) is 31.8 Å². The first-order chi connectivity index (χ1) is 22.1. The van der Waals surface area contributed by atoms with Gasteiger partial charge in [-0.05, 0) is 0 Å². The van der Waals surface area contributed by atoms with Crippen molar-refractivity contribution in [2.45, 2.75) is 117 Å². The fourth-order valence-corrected chi connectivity index (χ4v) is 9.61. The smallest absolute Gasteiger partial charge is 0.0627 e. The minimum absolute atomic E-state index is 0.311. The number of hydrogen-bond donors (Lipinski definition) is 8. The maximum absolute atomic E-state index is 11.1. The Morgan fingerprint density at radius 3 is 1.09 bits per heavy atom. The number of hydrogen-bond acceptors (Lipinski definition) is 9. The van der Waals surface area contributed by atoms with Gasteiger partial charge in [0.15, 0.2) is 0 Å². The number of unbranched alkanes of at least 4 members (excludes halogenated alkanes) is 12. The molecule has 0 unspecified atom stereocenters. The topological polar surface area (TPSA) is 171 Å². The fraction of sp³-hybridized carbons (Fsp3) is 0.657. The fourth-order valence-electron chi connectivity index (χ4n) is 5.27. The second kappa shape index (κ2) is 24.1. The summed E-state index contributed by atoms with van der Waals surface area (Å²) in [4.78, 5) is 44.2. The van der Waals surface area contributed by atoms with E-state index in [9.17, 15) is 19.6 Å². The summed E-state index contributed by atoms with van der Waals surface area (Å²) in [5, 5.41) is 34.6. The summed E-state index contributed by atoms with van der Waals surface area (Å²) in [5.41, 5.74) is 0.516. The van der Waals surface area contributed by atoms with Crippen LogP contribution in [0, 0.1) is 5.41 Å². The maximum atomic E-state index is 11.1. The van der Waals surface area contributed by atoms with E-state index < -0.39 is 47.7 Å². The Labute approximate surface area is 278 Å². The van der Waals surface area contributed by atoms with Crippen LogP contribution in [0.2, 0.25) is 0 Å². The predicted molar refractivity (Wildman–Crippen MR) is 193 cm³/mol. The van der Waals surface area contributed by atoms with Crippen LogP contribution in [0.5, 0.6) is 0 Å². The van der Waals surface area contributed by atoms with Crippen molar-refractivity contribution in [2.75, 3.05) is 26.4 Å². The van der Waals surface area contributed by atoms with Gasteiger partial charge in [-0.3, -0.25) is 0 Å². The Morgan fingerprint density at radius 1 is 0.478 bits per heavy atom. The molecule has 0 heterocycles. The van der Waals surface area contributed by atoms with E-state index in [2.05, 4.69) is 13.8 Å². The van der Waals surface area contributed by atoms with Gasteiger partial charge in [0.25, 0.3) is 0 Å². The number of aliphatic hydroxyl groups is 4. The third-order valence-corrected chi connectivity index (χ3v) is 13.1. The molecule has 0 spiro atoms. The van der Waals surface area contributed by atoms with Crippen molar-refractivity contribution in [3.63, 3.8) is 0 Å². The van der Waals surface area contributed by atoms with Crippen molar-refractivity contribution >= 4 is 26.5 Å². The van der Waals surface area contributed by atoms with Crippen LogP contribution in [0.3, 0.4) is 0 Å². The molecule has 46 heavy (non-hydrogen) atoms. The zero-order valence-corrected chi connectivity index (χ0v) is 30.2. The average molecular weight is 691 g/mol. The molecule has 0 saturated carbocycles. The van der Waals surface area contributed by atoms with Gasteiger partial charge in [0, 0.05) is 0 Å². The second-order valence-electron chi connectivity index (χ2n) is 12.5. The molecule has 268 valence electrons. The van der Waals surface area contributed by atoms with Crippen molar-refractivity contribution in [2.24, 2.45) is 5.41 Å². The average Bonchev–Trinajstić information content (AvgIpc) is 3.05. The minimum atomic E-state index is -4.55. The van der Waals surface area contributed by atoms with E-state index >= 15 is 0 Å². The molecule has 0 aliphatic heterocycles. The number of aliphatic hydroxyl groups excluding tert-OH is 4. The molecule has 2 aromatic carbocycles. The largest absolute Gasteiger partial charge is 0.396 e. The molecule has 0 aliphatic rings. The van der Waals surface area contributed by atoms with Crippen molar-refractivity contribution in [3.05, 3.63) is 59.7 Å². The number of aryl methyl sites for hydroxylation is 2. The summed E-state index contributed by atoms with van der Waals surface area (Å²) >= 11 is 0. The first kappa shape index (κ1) is 43.0. The quantitative estimate of drug-likeness (QED) is 0.0549. The molecular formula is C35H64O9P2. The van der Waals surface area contributed by atoms with Crippen LogP contribution in [-0.2, 0) is 17.2 Å². The van der Waals surface area contributed by atoms with Crippen molar-refractivity contribution < 1.29 is 44.3 Å². The first-order valence-electron chi connectivity index (χ1n) is 17.3. The Balaban J connectivity index is 0.00000102. The van der Waals surface area contributed by atoms with Gasteiger partial charge >= 0.3 is 227 Å². The summed E-state index contributed by atoms with van der Waals surface area (Å²) in [7, 11) is -9.09. The van der Waals surface area contributed by atoms with Crippen LogP contribution in [-0.4, -0.2) is 66.4 Å². The molecular weight excluding hydrogens is 626 g/mol. The molecule has 2 rings (SSSR count). The van der Waals surface area contributed by atoms with Crippen LogP contribution in [0.15, 0.2) is 48.5 Å². The Morgan fingerprint density at radius 2 is 0.783 bits per heavy atom. The van der Waals surface area contributed by atoms with E-state index in [4.69, 9.17) is 24.7 Å². The van der Waals surface area contributed by atoms with Gasteiger partial charge in [-0.15, -0.1) is 0 Å². The summed E-state index contributed by atoms with van der Waals surface area (Å²) in [6, 6.07) is 14.3. The van der Waals surface area contributed by atoms with Crippen LogP contribution in [0.1, 0.15) is 115 Å². The molecule has 2 aromatic rings. The van der Waals surface area contributed by atoms with E-state index in [-0.39, 0.29) is 0 Å². The van der Waals surface area contributed by atoms with Gasteiger partial charge in [-0.1, -0.05) is 0 Å². The molecule has 9 nitrogen and oxygen atoms in total. The van der Waals surface area contributed by atoms with Crippen molar-refractivity contribution in [3.8, 4) is 0 Å². The normalized spacial score (nSPS) is 12.9. The van der Waals surface area contributed by atoms with Crippen LogP contribution in [0.25, 0.3) is 0 Å². The third-order valence-electron chi connectivity index (χ3n) is 8.46. The zero-order valence-electron chi connectivity index (χ0n) is 28.2. The number of rotatable bonds is 24. The Hall–Kier alpha value is -1.06. The zero-order chi connectivity index (χ0) is 34.3. The Bertz CT molecular complexity index is 959. The van der Waals surface area contributed by atoms with E-state index in [1.54, 1.807) is 24.3 Å². The molecule has 0 aliphatic carbocycles. The molecule has 0 amide bonds. The summed E-state index contributed by atoms with van der Waals surface area (Å²) in [6.07, 6.45) is 17.9. The molecule has 0 bridgehead atoms. The monoisotopic (exact) mass is 690 g/mol. The summed E-state index contributed by atoms with van der Waals surface area (Å²) < 4.78 is 5.52. The molecule has 0 saturated heterocycles. The number of benzene rings is 2. The van der Waals surface area contributed by atoms with Crippen LogP contribution in [0.4, 0.5) is 0 Å². The van der Waals surface area contributed by atoms with Gasteiger partial charge < -0.3 is 20.4 Å². The van der Waals surface area contributed by atoms with Crippen LogP contribution >= 0.6 is 15.9 Å². The van der Waals surface area contributed by atoms with Gasteiger partial charge in [-0.2, -0.15) is 0 Å². The second-order valence-corrected chi connectivity index (χ2v) is 16.8. The third kappa shape index (κ3) is 15.9. The predicted octanol–water partition coefficient (Wildman–Crippen LogP) is 5.14. The molecule has 0 atom stereocenters. The molecule has 8 N–H and O–H groups in total. The summed E-state index contributed by atoms with van der Waals surface area (Å²) in [5.74, 6) is 0. The van der Waals surface area contributed by atoms with E-state index in [1.807, 2.05) is 24.3 Å². The van der Waals surface area contributed by atoms with E-state index in [0.717, 1.165) is 36.8 Å². The SMILES string of the molecule is CCCCCCCCCc1ccccc1[PH](O)(O)O[PH](O)(O)c1ccccc1CCCCCCCCC.OCC(CO)(CO)CO. The van der Waals surface area contributed by atoms with Gasteiger partial charge in [-0.25, -0.2) is 0 Å².